The molecule has 0 fully saturated rings. The van der Waals surface area contributed by atoms with Crippen molar-refractivity contribution >= 4 is 16.0 Å². The Labute approximate surface area is 126 Å². The monoisotopic (exact) mass is 313 g/mol. The van der Waals surface area contributed by atoms with E-state index in [0.29, 0.717) is 0 Å². The van der Waals surface area contributed by atoms with Crippen LogP contribution in [0.1, 0.15) is 45.6 Å². The molecule has 21 heavy (non-hydrogen) atoms. The van der Waals surface area contributed by atoms with Crippen LogP contribution in [0.4, 0.5) is 0 Å². The molecule has 1 aromatic rings. The number of sulfonamides is 1. The second-order valence-electron chi connectivity index (χ2n) is 5.76. The normalized spacial score (nSPS) is 13.6. The Balaban J connectivity index is 3.14. The lowest BCUT2D eigenvalue weighted by Gasteiger charge is -2.22. The molecule has 0 bridgehead atoms. The fourth-order valence-corrected chi connectivity index (χ4v) is 3.82. The molecule has 5 nitrogen and oxygen atoms in total. The average Bonchev–Trinajstić information content (AvgIpc) is 2.37. The molecule has 118 valence electrons. The summed E-state index contributed by atoms with van der Waals surface area (Å²) in [5.74, 6) is -1.06. The van der Waals surface area contributed by atoms with Crippen LogP contribution in [0.2, 0.25) is 0 Å². The minimum Gasteiger partial charge on any atom is -0.481 e. The maximum atomic E-state index is 12.5. The largest absolute Gasteiger partial charge is 0.481 e. The van der Waals surface area contributed by atoms with Gasteiger partial charge >= 0.3 is 5.97 Å². The highest BCUT2D eigenvalue weighted by Crippen LogP contribution is 2.24. The lowest BCUT2D eigenvalue weighted by atomic mass is 10.0. The molecule has 1 atom stereocenters. The number of hydrogen-bond donors (Lipinski definition) is 2. The summed E-state index contributed by atoms with van der Waals surface area (Å²) in [4.78, 5) is 11.1. The van der Waals surface area contributed by atoms with Gasteiger partial charge in [-0.2, -0.15) is 0 Å². The molecule has 0 radical (unpaired) electrons. The number of carboxylic acids is 1. The quantitative estimate of drug-likeness (QED) is 0.810. The Kier molecular flexibility index (Phi) is 5.92. The van der Waals surface area contributed by atoms with Crippen molar-refractivity contribution in [3.63, 3.8) is 0 Å². The molecule has 0 saturated heterocycles. The van der Waals surface area contributed by atoms with Gasteiger partial charge in [-0.1, -0.05) is 45.9 Å². The maximum absolute atomic E-state index is 12.5. The first kappa shape index (κ1) is 17.7. The maximum Gasteiger partial charge on any atom is 0.304 e. The van der Waals surface area contributed by atoms with Crippen LogP contribution in [0.25, 0.3) is 0 Å². The first-order valence-electron chi connectivity index (χ1n) is 6.98. The van der Waals surface area contributed by atoms with Crippen molar-refractivity contribution < 1.29 is 18.3 Å². The second kappa shape index (κ2) is 7.04. The van der Waals surface area contributed by atoms with Gasteiger partial charge in [-0.3, -0.25) is 4.79 Å². The number of rotatable bonds is 7. The van der Waals surface area contributed by atoms with Crippen LogP contribution in [0, 0.1) is 5.92 Å². The summed E-state index contributed by atoms with van der Waals surface area (Å²) in [6, 6.07) is 6.16. The van der Waals surface area contributed by atoms with Crippen molar-refractivity contribution in [2.24, 2.45) is 5.92 Å². The SMILES string of the molecule is CC(C)c1ccccc1S(=O)(=O)NC(CC(=O)O)C(C)C. The fraction of sp³-hybridized carbons (Fsp3) is 0.533. The summed E-state index contributed by atoms with van der Waals surface area (Å²) in [6.45, 7) is 7.44. The zero-order chi connectivity index (χ0) is 16.2. The number of benzene rings is 1. The summed E-state index contributed by atoms with van der Waals surface area (Å²) in [6.07, 6.45) is -0.235. The van der Waals surface area contributed by atoms with Gasteiger partial charge in [0.05, 0.1) is 11.3 Å². The van der Waals surface area contributed by atoms with Gasteiger partial charge in [-0.05, 0) is 23.5 Å². The zero-order valence-electron chi connectivity index (χ0n) is 12.8. The Morgan fingerprint density at radius 2 is 1.76 bits per heavy atom. The van der Waals surface area contributed by atoms with Gasteiger partial charge in [0.2, 0.25) is 10.0 Å². The van der Waals surface area contributed by atoms with Gasteiger partial charge in [0, 0.05) is 6.04 Å². The van der Waals surface area contributed by atoms with E-state index in [4.69, 9.17) is 5.11 Å². The minimum absolute atomic E-state index is 0.0646. The summed E-state index contributed by atoms with van der Waals surface area (Å²) in [5, 5.41) is 8.91. The minimum atomic E-state index is -3.74. The van der Waals surface area contributed by atoms with Gasteiger partial charge in [-0.15, -0.1) is 0 Å². The Morgan fingerprint density at radius 3 is 2.24 bits per heavy atom. The molecule has 0 aliphatic carbocycles. The highest BCUT2D eigenvalue weighted by atomic mass is 32.2. The Bertz CT molecular complexity index is 593. The van der Waals surface area contributed by atoms with Gasteiger partial charge in [0.25, 0.3) is 0 Å². The molecule has 1 rings (SSSR count). The Morgan fingerprint density at radius 1 is 1.19 bits per heavy atom. The third-order valence-electron chi connectivity index (χ3n) is 3.34. The van der Waals surface area contributed by atoms with Crippen molar-refractivity contribution in [1.29, 1.82) is 0 Å². The van der Waals surface area contributed by atoms with E-state index < -0.39 is 22.0 Å². The highest BCUT2D eigenvalue weighted by Gasteiger charge is 2.26. The first-order valence-corrected chi connectivity index (χ1v) is 8.46. The van der Waals surface area contributed by atoms with E-state index in [1.165, 1.54) is 0 Å². The lowest BCUT2D eigenvalue weighted by Crippen LogP contribution is -2.40. The van der Waals surface area contributed by atoms with Crippen LogP contribution < -0.4 is 4.72 Å². The number of carbonyl (C=O) groups is 1. The molecule has 0 saturated carbocycles. The Hall–Kier alpha value is -1.40. The predicted octanol–water partition coefficient (Wildman–Crippen LogP) is 2.59. The summed E-state index contributed by atoms with van der Waals surface area (Å²) in [7, 11) is -3.74. The van der Waals surface area contributed by atoms with Crippen molar-refractivity contribution in [2.45, 2.75) is 51.0 Å². The molecule has 2 N–H and O–H groups in total. The number of aliphatic carboxylic acids is 1. The number of nitrogens with one attached hydrogen (secondary N) is 1. The molecule has 0 amide bonds. The van der Waals surface area contributed by atoms with E-state index >= 15 is 0 Å². The van der Waals surface area contributed by atoms with Gasteiger partial charge < -0.3 is 5.11 Å². The van der Waals surface area contributed by atoms with Crippen LogP contribution in [0.5, 0.6) is 0 Å². The van der Waals surface area contributed by atoms with E-state index in [0.717, 1.165) is 5.56 Å². The van der Waals surface area contributed by atoms with Crippen molar-refractivity contribution in [3.8, 4) is 0 Å². The van der Waals surface area contributed by atoms with Crippen LogP contribution in [-0.4, -0.2) is 25.5 Å². The molecule has 0 aliphatic rings. The van der Waals surface area contributed by atoms with E-state index in [1.54, 1.807) is 38.1 Å². The third kappa shape index (κ3) is 4.82. The molecule has 1 unspecified atom stereocenters. The molecular weight excluding hydrogens is 290 g/mol. The molecule has 1 aromatic carbocycles. The molecular formula is C15H23NO4S. The highest BCUT2D eigenvalue weighted by molar-refractivity contribution is 7.89. The first-order chi connectivity index (χ1) is 9.65. The van der Waals surface area contributed by atoms with Crippen LogP contribution in [-0.2, 0) is 14.8 Å². The van der Waals surface area contributed by atoms with Gasteiger partial charge in [0.15, 0.2) is 0 Å². The predicted molar refractivity (Wildman–Crippen MR) is 81.7 cm³/mol. The lowest BCUT2D eigenvalue weighted by molar-refractivity contribution is -0.137. The van der Waals surface area contributed by atoms with Crippen LogP contribution in [0.15, 0.2) is 29.2 Å². The van der Waals surface area contributed by atoms with Crippen molar-refractivity contribution in [2.75, 3.05) is 0 Å². The third-order valence-corrected chi connectivity index (χ3v) is 4.90. The van der Waals surface area contributed by atoms with E-state index in [2.05, 4.69) is 4.72 Å². The summed E-state index contributed by atoms with van der Waals surface area (Å²) < 4.78 is 27.6. The average molecular weight is 313 g/mol. The van der Waals surface area contributed by atoms with Crippen LogP contribution in [0.3, 0.4) is 0 Å². The van der Waals surface area contributed by atoms with Crippen LogP contribution >= 0.6 is 0 Å². The summed E-state index contributed by atoms with van der Waals surface area (Å²) in [5.41, 5.74) is 0.725. The zero-order valence-corrected chi connectivity index (χ0v) is 13.6. The molecule has 0 aromatic heterocycles. The smallest absolute Gasteiger partial charge is 0.304 e. The summed E-state index contributed by atoms with van der Waals surface area (Å²) >= 11 is 0. The molecule has 0 heterocycles. The van der Waals surface area contributed by atoms with Gasteiger partial charge in [-0.25, -0.2) is 13.1 Å². The van der Waals surface area contributed by atoms with E-state index in [1.807, 2.05) is 13.8 Å². The second-order valence-corrected chi connectivity index (χ2v) is 7.44. The van der Waals surface area contributed by atoms with E-state index in [9.17, 15) is 13.2 Å². The van der Waals surface area contributed by atoms with Gasteiger partial charge in [0.1, 0.15) is 0 Å². The number of carboxylic acid groups (broad SMARTS) is 1. The van der Waals surface area contributed by atoms with Crippen molar-refractivity contribution in [3.05, 3.63) is 29.8 Å². The van der Waals surface area contributed by atoms with E-state index in [-0.39, 0.29) is 23.2 Å². The fourth-order valence-electron chi connectivity index (χ4n) is 2.07. The number of hydrogen-bond acceptors (Lipinski definition) is 3. The molecule has 0 aliphatic heterocycles. The standard InChI is InChI=1S/C15H23NO4S/c1-10(2)12-7-5-6-8-14(12)21(19,20)16-13(11(3)4)9-15(17)18/h5-8,10-11,13,16H,9H2,1-4H3,(H,17,18). The molecule has 0 spiro atoms. The topological polar surface area (TPSA) is 83.5 Å². The molecule has 6 heteroatoms. The van der Waals surface area contributed by atoms with Crippen molar-refractivity contribution in [1.82, 2.24) is 4.72 Å².